The van der Waals surface area contributed by atoms with E-state index in [0.29, 0.717) is 5.88 Å². The van der Waals surface area contributed by atoms with E-state index in [4.69, 9.17) is 11.6 Å². The van der Waals surface area contributed by atoms with Crippen LogP contribution in [0.4, 0.5) is 0 Å². The molecule has 0 saturated carbocycles. The first-order valence-corrected chi connectivity index (χ1v) is 8.57. The monoisotopic (exact) mass is 369 g/mol. The second-order valence-corrected chi connectivity index (χ2v) is 6.63. The van der Waals surface area contributed by atoms with E-state index >= 15 is 0 Å². The first-order chi connectivity index (χ1) is 9.74. The smallest absolute Gasteiger partial charge is 0.160 e. The highest BCUT2D eigenvalue weighted by Crippen LogP contribution is 2.31. The van der Waals surface area contributed by atoms with E-state index < -0.39 is 0 Å². The van der Waals surface area contributed by atoms with Gasteiger partial charge in [-0.05, 0) is 39.9 Å². The number of halogens is 2. The number of hydrogen-bond donors (Lipinski definition) is 0. The van der Waals surface area contributed by atoms with Crippen LogP contribution >= 0.6 is 38.9 Å². The molecule has 3 aromatic rings. The van der Waals surface area contributed by atoms with Gasteiger partial charge in [-0.1, -0.05) is 13.0 Å². The molecule has 0 aliphatic rings. The van der Waals surface area contributed by atoms with E-state index in [1.54, 1.807) is 17.5 Å². The van der Waals surface area contributed by atoms with E-state index in [0.717, 1.165) is 27.9 Å². The first kappa shape index (κ1) is 14.0. The summed E-state index contributed by atoms with van der Waals surface area (Å²) in [6.07, 6.45) is 2.78. The molecule has 0 N–H and O–H groups in total. The number of alkyl halides is 1. The zero-order chi connectivity index (χ0) is 14.1. The van der Waals surface area contributed by atoms with Crippen LogP contribution in [0.25, 0.3) is 11.2 Å². The molecule has 3 nitrogen and oxygen atoms in total. The Balaban J connectivity index is 2.22. The largest absolute Gasteiger partial charge is 0.303 e. The molecule has 0 amide bonds. The van der Waals surface area contributed by atoms with E-state index in [1.165, 1.54) is 4.88 Å². The predicted octanol–water partition coefficient (Wildman–Crippen LogP) is 4.99. The molecule has 0 saturated heterocycles. The van der Waals surface area contributed by atoms with Crippen LogP contribution in [-0.4, -0.2) is 14.5 Å². The lowest BCUT2D eigenvalue weighted by molar-refractivity contribution is 0.570. The second kappa shape index (κ2) is 5.84. The molecule has 104 valence electrons. The summed E-state index contributed by atoms with van der Waals surface area (Å²) >= 11 is 11.3. The summed E-state index contributed by atoms with van der Waals surface area (Å²) in [6.45, 7) is 2.17. The molecule has 3 heterocycles. The minimum absolute atomic E-state index is 0.238. The number of fused-ring (bicyclic) bond motifs is 1. The quantitative estimate of drug-likeness (QED) is 0.605. The summed E-state index contributed by atoms with van der Waals surface area (Å²) in [5.74, 6) is 1.25. The van der Waals surface area contributed by atoms with Gasteiger partial charge in [0.15, 0.2) is 5.65 Å². The molecule has 0 aliphatic carbocycles. The Kier molecular flexibility index (Phi) is 4.10. The summed E-state index contributed by atoms with van der Waals surface area (Å²) in [5.41, 5.74) is 1.77. The van der Waals surface area contributed by atoms with Crippen molar-refractivity contribution in [2.75, 3.05) is 0 Å². The summed E-state index contributed by atoms with van der Waals surface area (Å²) < 4.78 is 3.10. The van der Waals surface area contributed by atoms with Crippen LogP contribution in [0.15, 0.2) is 34.2 Å². The number of nitrogens with zero attached hydrogens (tertiary/aromatic N) is 3. The maximum Gasteiger partial charge on any atom is 0.160 e. The zero-order valence-electron chi connectivity index (χ0n) is 10.9. The Morgan fingerprint density at radius 2 is 2.35 bits per heavy atom. The highest BCUT2D eigenvalue weighted by molar-refractivity contribution is 9.10. The van der Waals surface area contributed by atoms with Gasteiger partial charge in [-0.2, -0.15) is 0 Å². The lowest BCUT2D eigenvalue weighted by Crippen LogP contribution is -2.11. The Hall–Kier alpha value is -0.910. The second-order valence-electron chi connectivity index (χ2n) is 4.47. The molecule has 0 aliphatic heterocycles. The third-order valence-corrected chi connectivity index (χ3v) is 4.91. The Labute approximate surface area is 134 Å². The zero-order valence-corrected chi connectivity index (χ0v) is 14.0. The van der Waals surface area contributed by atoms with Crippen LogP contribution in [0, 0.1) is 0 Å². The van der Waals surface area contributed by atoms with Gasteiger partial charge in [0.1, 0.15) is 11.3 Å². The van der Waals surface area contributed by atoms with Crippen molar-refractivity contribution in [1.82, 2.24) is 14.5 Å². The fourth-order valence-corrected chi connectivity index (χ4v) is 3.83. The molecular formula is C14H13BrClN3S. The standard InChI is InChI=1S/C14H13BrClN3S/c1-2-11(12-4-3-5-20-12)19-13(7-16)18-10-6-9(15)8-17-14(10)19/h3-6,8,11H,2,7H2,1H3. The molecule has 3 aromatic heterocycles. The molecule has 0 radical (unpaired) electrons. The lowest BCUT2D eigenvalue weighted by Gasteiger charge is -2.18. The van der Waals surface area contributed by atoms with E-state index in [1.807, 2.05) is 6.07 Å². The normalized spacial score (nSPS) is 12.9. The van der Waals surface area contributed by atoms with Crippen molar-refractivity contribution >= 4 is 50.0 Å². The van der Waals surface area contributed by atoms with Crippen molar-refractivity contribution < 1.29 is 0 Å². The van der Waals surface area contributed by atoms with Crippen molar-refractivity contribution in [3.63, 3.8) is 0 Å². The number of imidazole rings is 1. The average Bonchev–Trinajstić information content (AvgIpc) is 3.08. The van der Waals surface area contributed by atoms with Gasteiger partial charge in [-0.25, -0.2) is 9.97 Å². The van der Waals surface area contributed by atoms with Crippen LogP contribution in [0.5, 0.6) is 0 Å². The highest BCUT2D eigenvalue weighted by atomic mass is 79.9. The maximum atomic E-state index is 6.09. The van der Waals surface area contributed by atoms with E-state index in [-0.39, 0.29) is 6.04 Å². The van der Waals surface area contributed by atoms with Crippen LogP contribution in [0.1, 0.15) is 30.1 Å². The molecule has 3 rings (SSSR count). The molecule has 0 aromatic carbocycles. The molecule has 1 atom stereocenters. The summed E-state index contributed by atoms with van der Waals surface area (Å²) in [7, 11) is 0. The fourth-order valence-electron chi connectivity index (χ4n) is 2.42. The fraction of sp³-hybridized carbons (Fsp3) is 0.286. The number of hydrogen-bond acceptors (Lipinski definition) is 3. The van der Waals surface area contributed by atoms with Crippen LogP contribution < -0.4 is 0 Å². The van der Waals surface area contributed by atoms with Gasteiger partial charge >= 0.3 is 0 Å². The molecule has 1 unspecified atom stereocenters. The number of rotatable bonds is 4. The molecule has 20 heavy (non-hydrogen) atoms. The van der Waals surface area contributed by atoms with Gasteiger partial charge in [0.2, 0.25) is 0 Å². The third-order valence-electron chi connectivity index (χ3n) is 3.26. The highest BCUT2D eigenvalue weighted by Gasteiger charge is 2.20. The SMILES string of the molecule is CCC(c1cccs1)n1c(CCl)nc2cc(Br)cnc21. The van der Waals surface area contributed by atoms with Crippen molar-refractivity contribution in [3.8, 4) is 0 Å². The van der Waals surface area contributed by atoms with E-state index in [2.05, 4.69) is 54.9 Å². The van der Waals surface area contributed by atoms with Crippen molar-refractivity contribution in [2.24, 2.45) is 0 Å². The van der Waals surface area contributed by atoms with Gasteiger partial charge in [-0.15, -0.1) is 22.9 Å². The summed E-state index contributed by atoms with van der Waals surface area (Å²) in [6, 6.07) is 6.45. The predicted molar refractivity (Wildman–Crippen MR) is 87.5 cm³/mol. The average molecular weight is 371 g/mol. The third kappa shape index (κ3) is 2.38. The van der Waals surface area contributed by atoms with Gasteiger partial charge in [0.05, 0.1) is 11.9 Å². The Morgan fingerprint density at radius 3 is 3.00 bits per heavy atom. The first-order valence-electron chi connectivity index (χ1n) is 6.36. The maximum absolute atomic E-state index is 6.09. The Bertz CT molecular complexity index is 723. The van der Waals surface area contributed by atoms with Crippen molar-refractivity contribution in [2.45, 2.75) is 25.3 Å². The number of pyridine rings is 1. The Morgan fingerprint density at radius 1 is 1.50 bits per heavy atom. The molecular weight excluding hydrogens is 358 g/mol. The van der Waals surface area contributed by atoms with Crippen molar-refractivity contribution in [1.29, 1.82) is 0 Å². The molecule has 0 spiro atoms. The minimum atomic E-state index is 0.238. The van der Waals surface area contributed by atoms with Crippen LogP contribution in [0.3, 0.4) is 0 Å². The molecule has 0 fully saturated rings. The molecule has 0 bridgehead atoms. The van der Waals surface area contributed by atoms with E-state index in [9.17, 15) is 0 Å². The summed E-state index contributed by atoms with van der Waals surface area (Å²) in [5, 5.41) is 2.10. The van der Waals surface area contributed by atoms with Crippen LogP contribution in [-0.2, 0) is 5.88 Å². The topological polar surface area (TPSA) is 30.7 Å². The molecule has 6 heteroatoms. The van der Waals surface area contributed by atoms with Crippen LogP contribution in [0.2, 0.25) is 0 Å². The number of aromatic nitrogens is 3. The van der Waals surface area contributed by atoms with Gasteiger partial charge in [0, 0.05) is 15.5 Å². The van der Waals surface area contributed by atoms with Gasteiger partial charge in [0.25, 0.3) is 0 Å². The number of thiophene rings is 1. The summed E-state index contributed by atoms with van der Waals surface area (Å²) in [4.78, 5) is 10.4. The lowest BCUT2D eigenvalue weighted by atomic mass is 10.2. The van der Waals surface area contributed by atoms with Gasteiger partial charge in [-0.3, -0.25) is 0 Å². The minimum Gasteiger partial charge on any atom is -0.303 e. The van der Waals surface area contributed by atoms with Gasteiger partial charge < -0.3 is 4.57 Å². The van der Waals surface area contributed by atoms with Crippen molar-refractivity contribution in [3.05, 3.63) is 45.0 Å².